The first kappa shape index (κ1) is 18.8. The van der Waals surface area contributed by atoms with Crippen LogP contribution in [0.5, 0.6) is 0 Å². The van der Waals surface area contributed by atoms with Crippen LogP contribution in [0, 0.1) is 6.92 Å². The van der Waals surface area contributed by atoms with Crippen LogP contribution < -0.4 is 5.32 Å². The molecule has 0 radical (unpaired) electrons. The Balaban J connectivity index is 1.39. The van der Waals surface area contributed by atoms with Crippen molar-refractivity contribution < 1.29 is 4.79 Å². The Bertz CT molecular complexity index is 1320. The van der Waals surface area contributed by atoms with Crippen LogP contribution in [-0.2, 0) is 4.79 Å². The van der Waals surface area contributed by atoms with Gasteiger partial charge in [0.05, 0.1) is 5.69 Å². The summed E-state index contributed by atoms with van der Waals surface area (Å²) in [4.78, 5) is 17.9. The van der Waals surface area contributed by atoms with Gasteiger partial charge in [-0.25, -0.2) is 4.98 Å². The lowest BCUT2D eigenvalue weighted by molar-refractivity contribution is -0.118. The summed E-state index contributed by atoms with van der Waals surface area (Å²) in [6, 6.07) is 22.7. The molecule has 6 heteroatoms. The molecular formula is C25H21N5O. The number of benzene rings is 2. The minimum Gasteiger partial charge on any atom is -0.324 e. The summed E-state index contributed by atoms with van der Waals surface area (Å²) >= 11 is 0. The van der Waals surface area contributed by atoms with E-state index in [-0.39, 0.29) is 5.91 Å². The van der Waals surface area contributed by atoms with E-state index in [0.29, 0.717) is 0 Å². The van der Waals surface area contributed by atoms with Gasteiger partial charge in [0.25, 0.3) is 5.91 Å². The Kier molecular flexibility index (Phi) is 4.80. The van der Waals surface area contributed by atoms with Crippen LogP contribution in [0.15, 0.2) is 97.6 Å². The maximum atomic E-state index is 13.1. The monoisotopic (exact) mass is 407 g/mol. The van der Waals surface area contributed by atoms with E-state index in [4.69, 9.17) is 4.98 Å². The number of hydrogen-bond donors (Lipinski definition) is 1. The van der Waals surface area contributed by atoms with Crippen molar-refractivity contribution >= 4 is 17.2 Å². The average molecular weight is 407 g/mol. The van der Waals surface area contributed by atoms with E-state index >= 15 is 0 Å². The van der Waals surface area contributed by atoms with E-state index < -0.39 is 6.04 Å². The molecule has 0 fully saturated rings. The van der Waals surface area contributed by atoms with Crippen LogP contribution in [-0.4, -0.2) is 25.1 Å². The van der Waals surface area contributed by atoms with Crippen LogP contribution in [0.2, 0.25) is 0 Å². The van der Waals surface area contributed by atoms with Crippen molar-refractivity contribution in [3.8, 4) is 11.3 Å². The van der Waals surface area contributed by atoms with Gasteiger partial charge in [-0.2, -0.15) is 5.10 Å². The molecule has 31 heavy (non-hydrogen) atoms. The number of aryl methyl sites for hydroxylation is 1. The third kappa shape index (κ3) is 3.71. The standard InChI is InChI=1S/C25H21N5O/c1-18-7-5-15-29-17-22(28-24(18)29)19-10-12-21(13-11-19)27-25(31)23(30-16-6-14-26-30)20-8-3-2-4-9-20/h2-17,23H,1H3,(H,27,31). The van der Waals surface area contributed by atoms with E-state index in [9.17, 15) is 4.79 Å². The van der Waals surface area contributed by atoms with Crippen molar-refractivity contribution in [2.45, 2.75) is 13.0 Å². The lowest BCUT2D eigenvalue weighted by Gasteiger charge is -2.18. The largest absolute Gasteiger partial charge is 0.324 e. The zero-order valence-electron chi connectivity index (χ0n) is 17.0. The predicted octanol–water partition coefficient (Wildman–Crippen LogP) is 4.73. The normalized spacial score (nSPS) is 12.0. The fraction of sp³-hybridized carbons (Fsp3) is 0.0800. The van der Waals surface area contributed by atoms with Crippen LogP contribution in [0.25, 0.3) is 16.9 Å². The molecule has 1 atom stereocenters. The fourth-order valence-corrected chi connectivity index (χ4v) is 3.72. The SMILES string of the molecule is Cc1cccn2cc(-c3ccc(NC(=O)C(c4ccccc4)n4cccn4)cc3)nc12. The first-order valence-electron chi connectivity index (χ1n) is 10.1. The summed E-state index contributed by atoms with van der Waals surface area (Å²) in [7, 11) is 0. The molecule has 5 rings (SSSR count). The highest BCUT2D eigenvalue weighted by molar-refractivity contribution is 5.96. The van der Waals surface area contributed by atoms with Crippen LogP contribution >= 0.6 is 0 Å². The topological polar surface area (TPSA) is 64.2 Å². The summed E-state index contributed by atoms with van der Waals surface area (Å²) in [5, 5.41) is 7.30. The highest BCUT2D eigenvalue weighted by atomic mass is 16.2. The highest BCUT2D eigenvalue weighted by Gasteiger charge is 2.23. The molecule has 0 aliphatic rings. The molecule has 0 spiro atoms. The number of hydrogen-bond acceptors (Lipinski definition) is 3. The molecular weight excluding hydrogens is 386 g/mol. The predicted molar refractivity (Wildman–Crippen MR) is 121 cm³/mol. The summed E-state index contributed by atoms with van der Waals surface area (Å²) in [5.74, 6) is -0.147. The number of rotatable bonds is 5. The summed E-state index contributed by atoms with van der Waals surface area (Å²) < 4.78 is 3.69. The van der Waals surface area contributed by atoms with Gasteiger partial charge in [0.1, 0.15) is 5.65 Å². The van der Waals surface area contributed by atoms with Crippen LogP contribution in [0.4, 0.5) is 5.69 Å². The van der Waals surface area contributed by atoms with Gasteiger partial charge in [0.15, 0.2) is 6.04 Å². The van der Waals surface area contributed by atoms with E-state index in [1.165, 1.54) is 0 Å². The Morgan fingerprint density at radius 1 is 0.935 bits per heavy atom. The van der Waals surface area contributed by atoms with Gasteiger partial charge in [-0.1, -0.05) is 48.5 Å². The van der Waals surface area contributed by atoms with Crippen molar-refractivity contribution in [3.05, 3.63) is 109 Å². The van der Waals surface area contributed by atoms with E-state index in [2.05, 4.69) is 10.4 Å². The Labute approximate surface area is 179 Å². The smallest absolute Gasteiger partial charge is 0.253 e. The summed E-state index contributed by atoms with van der Waals surface area (Å²) in [6.07, 6.45) is 7.48. The van der Waals surface area contributed by atoms with Gasteiger partial charge in [0, 0.05) is 36.0 Å². The van der Waals surface area contributed by atoms with Gasteiger partial charge < -0.3 is 9.72 Å². The minimum atomic E-state index is -0.544. The number of nitrogens with zero attached hydrogens (tertiary/aromatic N) is 4. The van der Waals surface area contributed by atoms with Gasteiger partial charge >= 0.3 is 0 Å². The maximum Gasteiger partial charge on any atom is 0.253 e. The Morgan fingerprint density at radius 2 is 1.74 bits per heavy atom. The number of carbonyl (C=O) groups is 1. The third-order valence-corrected chi connectivity index (χ3v) is 5.28. The molecule has 152 valence electrons. The second kappa shape index (κ2) is 7.91. The quantitative estimate of drug-likeness (QED) is 0.458. The lowest BCUT2D eigenvalue weighted by Crippen LogP contribution is -2.27. The van der Waals surface area contributed by atoms with Crippen molar-refractivity contribution in [2.24, 2.45) is 0 Å². The number of nitrogens with one attached hydrogen (secondary N) is 1. The molecule has 3 aromatic heterocycles. The molecule has 0 aliphatic carbocycles. The molecule has 6 nitrogen and oxygen atoms in total. The summed E-state index contributed by atoms with van der Waals surface area (Å²) in [5.41, 5.74) is 5.56. The van der Waals surface area contributed by atoms with E-state index in [1.54, 1.807) is 17.1 Å². The molecule has 2 aromatic carbocycles. The molecule has 0 saturated heterocycles. The number of anilines is 1. The second-order valence-corrected chi connectivity index (χ2v) is 7.41. The average Bonchev–Trinajstić information content (AvgIpc) is 3.46. The number of fused-ring (bicyclic) bond motifs is 1. The van der Waals surface area contributed by atoms with Gasteiger partial charge in [-0.15, -0.1) is 0 Å². The molecule has 0 aliphatic heterocycles. The zero-order valence-corrected chi connectivity index (χ0v) is 17.0. The van der Waals surface area contributed by atoms with Crippen LogP contribution in [0.1, 0.15) is 17.2 Å². The first-order chi connectivity index (χ1) is 15.2. The fourth-order valence-electron chi connectivity index (χ4n) is 3.72. The number of carbonyl (C=O) groups excluding carboxylic acids is 1. The molecule has 1 N–H and O–H groups in total. The van der Waals surface area contributed by atoms with Gasteiger partial charge in [-0.05, 0) is 42.3 Å². The minimum absolute atomic E-state index is 0.147. The Morgan fingerprint density at radius 3 is 2.45 bits per heavy atom. The highest BCUT2D eigenvalue weighted by Crippen LogP contribution is 2.24. The molecule has 3 heterocycles. The molecule has 0 bridgehead atoms. The maximum absolute atomic E-state index is 13.1. The van der Waals surface area contributed by atoms with Crippen molar-refractivity contribution in [1.82, 2.24) is 19.2 Å². The lowest BCUT2D eigenvalue weighted by atomic mass is 10.1. The van der Waals surface area contributed by atoms with Gasteiger partial charge in [-0.3, -0.25) is 9.48 Å². The molecule has 1 amide bonds. The number of amides is 1. The number of imidazole rings is 1. The van der Waals surface area contributed by atoms with E-state index in [0.717, 1.165) is 33.7 Å². The van der Waals surface area contributed by atoms with E-state index in [1.807, 2.05) is 96.5 Å². The number of aromatic nitrogens is 4. The number of pyridine rings is 1. The third-order valence-electron chi connectivity index (χ3n) is 5.28. The van der Waals surface area contributed by atoms with Crippen LogP contribution in [0.3, 0.4) is 0 Å². The Hall–Kier alpha value is -4.19. The van der Waals surface area contributed by atoms with Crippen molar-refractivity contribution in [1.29, 1.82) is 0 Å². The second-order valence-electron chi connectivity index (χ2n) is 7.41. The first-order valence-corrected chi connectivity index (χ1v) is 10.1. The van der Waals surface area contributed by atoms with Crippen molar-refractivity contribution in [2.75, 3.05) is 5.32 Å². The summed E-state index contributed by atoms with van der Waals surface area (Å²) in [6.45, 7) is 2.05. The zero-order chi connectivity index (χ0) is 21.2. The molecule has 0 saturated carbocycles. The van der Waals surface area contributed by atoms with Crippen molar-refractivity contribution in [3.63, 3.8) is 0 Å². The van der Waals surface area contributed by atoms with Gasteiger partial charge in [0.2, 0.25) is 0 Å². The molecule has 1 unspecified atom stereocenters. The molecule has 5 aromatic rings.